The highest BCUT2D eigenvalue weighted by Gasteiger charge is 2.33. The lowest BCUT2D eigenvalue weighted by atomic mass is 9.84. The summed E-state index contributed by atoms with van der Waals surface area (Å²) < 4.78 is 5.92. The highest BCUT2D eigenvalue weighted by Crippen LogP contribution is 2.24. The molecule has 1 aliphatic rings. The maximum absolute atomic E-state index is 5.92. The molecule has 3 heteroatoms. The van der Waals surface area contributed by atoms with Gasteiger partial charge in [-0.05, 0) is 32.6 Å². The molecule has 0 aliphatic carbocycles. The van der Waals surface area contributed by atoms with Crippen molar-refractivity contribution in [3.63, 3.8) is 0 Å². The summed E-state index contributed by atoms with van der Waals surface area (Å²) in [5.41, 5.74) is 0.290. The van der Waals surface area contributed by atoms with Crippen molar-refractivity contribution in [2.45, 2.75) is 79.0 Å². The first-order chi connectivity index (χ1) is 9.13. The quantitative estimate of drug-likeness (QED) is 0.838. The summed E-state index contributed by atoms with van der Waals surface area (Å²) in [5, 5.41) is 3.75. The molecule has 0 aromatic heterocycles. The molecule has 120 valence electrons. The number of nitrogens with zero attached hydrogens (tertiary/aromatic N) is 1. The first-order valence-corrected chi connectivity index (χ1v) is 8.25. The van der Waals surface area contributed by atoms with Crippen LogP contribution < -0.4 is 5.32 Å². The SMILES string of the molecule is CCCC1CNC(C(C)(C)C)CN1CCOC(C)(C)C. The molecule has 1 rings (SSSR count). The van der Waals surface area contributed by atoms with Gasteiger partial charge >= 0.3 is 0 Å². The van der Waals surface area contributed by atoms with Gasteiger partial charge in [0.2, 0.25) is 0 Å². The van der Waals surface area contributed by atoms with Crippen LogP contribution in [-0.4, -0.2) is 48.8 Å². The maximum atomic E-state index is 5.92. The second-order valence-electron chi connectivity index (χ2n) is 8.23. The van der Waals surface area contributed by atoms with Crippen LogP contribution in [0.5, 0.6) is 0 Å². The summed E-state index contributed by atoms with van der Waals surface area (Å²) in [5.74, 6) is 0. The zero-order chi connectivity index (χ0) is 15.4. The van der Waals surface area contributed by atoms with E-state index >= 15 is 0 Å². The predicted molar refractivity (Wildman–Crippen MR) is 87.2 cm³/mol. The zero-order valence-electron chi connectivity index (χ0n) is 14.8. The number of ether oxygens (including phenoxy) is 1. The van der Waals surface area contributed by atoms with Crippen LogP contribution in [0.3, 0.4) is 0 Å². The van der Waals surface area contributed by atoms with Gasteiger partial charge in [-0.3, -0.25) is 4.90 Å². The number of hydrogen-bond acceptors (Lipinski definition) is 3. The molecule has 1 aliphatic heterocycles. The summed E-state index contributed by atoms with van der Waals surface area (Å²) >= 11 is 0. The molecule has 1 N–H and O–H groups in total. The molecule has 0 bridgehead atoms. The van der Waals surface area contributed by atoms with Gasteiger partial charge in [0.15, 0.2) is 0 Å². The molecule has 2 atom stereocenters. The van der Waals surface area contributed by atoms with Gasteiger partial charge in [-0.1, -0.05) is 34.1 Å². The van der Waals surface area contributed by atoms with Gasteiger partial charge in [-0.25, -0.2) is 0 Å². The van der Waals surface area contributed by atoms with Crippen LogP contribution in [-0.2, 0) is 4.74 Å². The Kier molecular flexibility index (Phi) is 6.49. The maximum Gasteiger partial charge on any atom is 0.0600 e. The van der Waals surface area contributed by atoms with Gasteiger partial charge in [0.05, 0.1) is 12.2 Å². The molecular weight excluding hydrogens is 248 g/mol. The molecule has 3 nitrogen and oxygen atoms in total. The molecule has 0 aromatic carbocycles. The number of piperazine rings is 1. The van der Waals surface area contributed by atoms with Crippen molar-refractivity contribution >= 4 is 0 Å². The molecule has 20 heavy (non-hydrogen) atoms. The zero-order valence-corrected chi connectivity index (χ0v) is 14.8. The van der Waals surface area contributed by atoms with Gasteiger partial charge in [-0.15, -0.1) is 0 Å². The Labute approximate surface area is 126 Å². The summed E-state index contributed by atoms with van der Waals surface area (Å²) in [6.07, 6.45) is 2.53. The lowest BCUT2D eigenvalue weighted by Crippen LogP contribution is -2.60. The van der Waals surface area contributed by atoms with E-state index in [2.05, 4.69) is 58.7 Å². The molecule has 2 unspecified atom stereocenters. The fourth-order valence-electron chi connectivity index (χ4n) is 2.80. The number of nitrogens with one attached hydrogen (secondary N) is 1. The average molecular weight is 284 g/mol. The van der Waals surface area contributed by atoms with E-state index in [0.29, 0.717) is 17.5 Å². The van der Waals surface area contributed by atoms with Gasteiger partial charge in [0, 0.05) is 31.7 Å². The van der Waals surface area contributed by atoms with Crippen LogP contribution in [0.2, 0.25) is 0 Å². The highest BCUT2D eigenvalue weighted by molar-refractivity contribution is 4.91. The van der Waals surface area contributed by atoms with Crippen molar-refractivity contribution in [3.8, 4) is 0 Å². The Morgan fingerprint density at radius 2 is 1.80 bits per heavy atom. The van der Waals surface area contributed by atoms with Crippen LogP contribution in [0.1, 0.15) is 61.3 Å². The topological polar surface area (TPSA) is 24.5 Å². The smallest absolute Gasteiger partial charge is 0.0600 e. The lowest BCUT2D eigenvalue weighted by Gasteiger charge is -2.45. The Bertz CT molecular complexity index is 278. The van der Waals surface area contributed by atoms with Crippen molar-refractivity contribution in [1.29, 1.82) is 0 Å². The van der Waals surface area contributed by atoms with Gasteiger partial charge in [0.1, 0.15) is 0 Å². The summed E-state index contributed by atoms with van der Waals surface area (Å²) in [6, 6.07) is 1.24. The Hall–Kier alpha value is -0.120. The van der Waals surface area contributed by atoms with Crippen molar-refractivity contribution in [2.24, 2.45) is 5.41 Å². The Morgan fingerprint density at radius 1 is 1.15 bits per heavy atom. The van der Waals surface area contributed by atoms with E-state index in [1.807, 2.05) is 0 Å². The van der Waals surface area contributed by atoms with Gasteiger partial charge in [-0.2, -0.15) is 0 Å². The predicted octanol–water partition coefficient (Wildman–Crippen LogP) is 3.29. The monoisotopic (exact) mass is 284 g/mol. The van der Waals surface area contributed by atoms with E-state index in [-0.39, 0.29) is 5.60 Å². The molecule has 0 aromatic rings. The van der Waals surface area contributed by atoms with E-state index in [1.54, 1.807) is 0 Å². The minimum Gasteiger partial charge on any atom is -0.375 e. The second-order valence-corrected chi connectivity index (χ2v) is 8.23. The molecule has 0 radical (unpaired) electrons. The molecule has 1 fully saturated rings. The van der Waals surface area contributed by atoms with Crippen LogP contribution in [0.15, 0.2) is 0 Å². The van der Waals surface area contributed by atoms with Crippen molar-refractivity contribution in [3.05, 3.63) is 0 Å². The standard InChI is InChI=1S/C17H36N2O/c1-8-9-14-12-18-15(16(2,3)4)13-19(14)10-11-20-17(5,6)7/h14-15,18H,8-13H2,1-7H3. The van der Waals surface area contributed by atoms with Gasteiger partial charge < -0.3 is 10.1 Å². The van der Waals surface area contributed by atoms with Crippen molar-refractivity contribution < 1.29 is 4.74 Å². The Morgan fingerprint density at radius 3 is 2.30 bits per heavy atom. The first kappa shape index (κ1) is 17.9. The fourth-order valence-corrected chi connectivity index (χ4v) is 2.80. The van der Waals surface area contributed by atoms with E-state index < -0.39 is 0 Å². The average Bonchev–Trinajstić information content (AvgIpc) is 2.28. The van der Waals surface area contributed by atoms with Crippen LogP contribution >= 0.6 is 0 Å². The van der Waals surface area contributed by atoms with Crippen LogP contribution in [0.25, 0.3) is 0 Å². The summed E-state index contributed by atoms with van der Waals surface area (Å²) in [4.78, 5) is 2.64. The minimum atomic E-state index is -0.0300. The lowest BCUT2D eigenvalue weighted by molar-refractivity contribution is -0.0264. The summed E-state index contributed by atoms with van der Waals surface area (Å²) in [6.45, 7) is 19.8. The Balaban J connectivity index is 2.55. The summed E-state index contributed by atoms with van der Waals surface area (Å²) in [7, 11) is 0. The molecule has 1 heterocycles. The van der Waals surface area contributed by atoms with Crippen molar-refractivity contribution in [2.75, 3.05) is 26.2 Å². The van der Waals surface area contributed by atoms with Crippen LogP contribution in [0, 0.1) is 5.41 Å². The molecular formula is C17H36N2O. The number of hydrogen-bond donors (Lipinski definition) is 1. The largest absolute Gasteiger partial charge is 0.375 e. The first-order valence-electron chi connectivity index (χ1n) is 8.25. The third kappa shape index (κ3) is 6.11. The van der Waals surface area contributed by atoms with E-state index in [9.17, 15) is 0 Å². The van der Waals surface area contributed by atoms with Crippen LogP contribution in [0.4, 0.5) is 0 Å². The normalized spacial score (nSPS) is 25.9. The van der Waals surface area contributed by atoms with E-state index in [4.69, 9.17) is 4.74 Å². The molecule has 0 amide bonds. The third-order valence-corrected chi connectivity index (χ3v) is 4.11. The van der Waals surface area contributed by atoms with E-state index in [0.717, 1.165) is 26.2 Å². The third-order valence-electron chi connectivity index (χ3n) is 4.11. The fraction of sp³-hybridized carbons (Fsp3) is 1.00. The van der Waals surface area contributed by atoms with Gasteiger partial charge in [0.25, 0.3) is 0 Å². The molecule has 1 saturated heterocycles. The second kappa shape index (κ2) is 7.24. The molecule has 0 spiro atoms. The van der Waals surface area contributed by atoms with E-state index in [1.165, 1.54) is 12.8 Å². The molecule has 0 saturated carbocycles. The minimum absolute atomic E-state index is 0.0300. The van der Waals surface area contributed by atoms with Crippen molar-refractivity contribution in [1.82, 2.24) is 10.2 Å². The highest BCUT2D eigenvalue weighted by atomic mass is 16.5. The number of rotatable bonds is 5.